The Kier molecular flexibility index (Phi) is 2.77. The molecule has 1 fully saturated rings. The molecule has 0 aliphatic carbocycles. The average Bonchev–Trinajstić information content (AvgIpc) is 2.85. The smallest absolute Gasteiger partial charge is 0.270 e. The number of H-pyrrole nitrogens is 1. The molecule has 15 heavy (non-hydrogen) atoms. The number of aromatic nitrogens is 1. The molecule has 0 aromatic carbocycles. The van der Waals surface area contributed by atoms with Crippen LogP contribution in [0.25, 0.3) is 0 Å². The Morgan fingerprint density at radius 1 is 1.73 bits per heavy atom. The van der Waals surface area contributed by atoms with Crippen molar-refractivity contribution in [2.45, 2.75) is 19.4 Å². The molecule has 2 rings (SSSR count). The van der Waals surface area contributed by atoms with Crippen molar-refractivity contribution in [2.75, 3.05) is 13.1 Å². The predicted octanol–water partition coefficient (Wildman–Crippen LogP) is 0.824. The predicted molar refractivity (Wildman–Crippen MR) is 58.5 cm³/mol. The molecule has 1 aliphatic rings. The number of hydrogen-bond donors (Lipinski definition) is 2. The van der Waals surface area contributed by atoms with Gasteiger partial charge in [0.15, 0.2) is 0 Å². The van der Waals surface area contributed by atoms with Crippen LogP contribution in [0.15, 0.2) is 18.3 Å². The summed E-state index contributed by atoms with van der Waals surface area (Å²) in [5, 5.41) is 0. The summed E-state index contributed by atoms with van der Waals surface area (Å²) in [6, 6.07) is 3.95. The minimum absolute atomic E-state index is 0.0865. The second kappa shape index (κ2) is 4.06. The van der Waals surface area contributed by atoms with Crippen molar-refractivity contribution in [2.24, 2.45) is 11.7 Å². The Bertz CT molecular complexity index is 334. The summed E-state index contributed by atoms with van der Waals surface area (Å²) in [6.45, 7) is 3.53. The molecule has 1 aliphatic heterocycles. The number of aromatic amines is 1. The SMILES string of the molecule is CC1CC(CN)CN1C(=O)c1ccc[nH]1. The van der Waals surface area contributed by atoms with E-state index in [-0.39, 0.29) is 5.91 Å². The molecule has 1 aromatic heterocycles. The van der Waals surface area contributed by atoms with Crippen LogP contribution in [0.1, 0.15) is 23.8 Å². The molecular formula is C11H17N3O. The van der Waals surface area contributed by atoms with E-state index >= 15 is 0 Å². The summed E-state index contributed by atoms with van der Waals surface area (Å²) in [4.78, 5) is 16.9. The van der Waals surface area contributed by atoms with Crippen molar-refractivity contribution in [1.82, 2.24) is 9.88 Å². The van der Waals surface area contributed by atoms with Gasteiger partial charge in [0, 0.05) is 18.8 Å². The third-order valence-corrected chi connectivity index (χ3v) is 3.08. The molecule has 4 nitrogen and oxygen atoms in total. The Morgan fingerprint density at radius 3 is 3.07 bits per heavy atom. The number of nitrogens with one attached hydrogen (secondary N) is 1. The molecule has 1 amide bonds. The van der Waals surface area contributed by atoms with E-state index in [1.54, 1.807) is 6.20 Å². The van der Waals surface area contributed by atoms with Crippen LogP contribution in [-0.4, -0.2) is 34.9 Å². The highest BCUT2D eigenvalue weighted by atomic mass is 16.2. The summed E-state index contributed by atoms with van der Waals surface area (Å²) < 4.78 is 0. The maximum Gasteiger partial charge on any atom is 0.270 e. The fraction of sp³-hybridized carbons (Fsp3) is 0.545. The van der Waals surface area contributed by atoms with Crippen LogP contribution >= 0.6 is 0 Å². The van der Waals surface area contributed by atoms with E-state index in [9.17, 15) is 4.79 Å². The largest absolute Gasteiger partial charge is 0.357 e. The maximum absolute atomic E-state index is 12.0. The highest BCUT2D eigenvalue weighted by Gasteiger charge is 2.32. The van der Waals surface area contributed by atoms with Crippen molar-refractivity contribution in [3.8, 4) is 0 Å². The number of carbonyl (C=O) groups excluding carboxylic acids is 1. The maximum atomic E-state index is 12.0. The molecule has 3 N–H and O–H groups in total. The second-order valence-corrected chi connectivity index (χ2v) is 4.23. The number of carbonyl (C=O) groups is 1. The van der Waals surface area contributed by atoms with Gasteiger partial charge in [-0.15, -0.1) is 0 Å². The van der Waals surface area contributed by atoms with Gasteiger partial charge in [-0.05, 0) is 37.9 Å². The molecule has 4 heteroatoms. The van der Waals surface area contributed by atoms with Gasteiger partial charge in [-0.2, -0.15) is 0 Å². The first-order chi connectivity index (χ1) is 7.22. The van der Waals surface area contributed by atoms with Gasteiger partial charge in [-0.25, -0.2) is 0 Å². The molecule has 2 heterocycles. The van der Waals surface area contributed by atoms with Crippen molar-refractivity contribution < 1.29 is 4.79 Å². The summed E-state index contributed by atoms with van der Waals surface area (Å²) in [5.41, 5.74) is 6.30. The van der Waals surface area contributed by atoms with Crippen LogP contribution in [0, 0.1) is 5.92 Å². The van der Waals surface area contributed by atoms with E-state index in [0.717, 1.165) is 13.0 Å². The van der Waals surface area contributed by atoms with Gasteiger partial charge in [0.05, 0.1) is 0 Å². The molecule has 2 atom stereocenters. The van der Waals surface area contributed by atoms with Gasteiger partial charge in [-0.1, -0.05) is 0 Å². The van der Waals surface area contributed by atoms with Crippen molar-refractivity contribution in [3.05, 3.63) is 24.0 Å². The van der Waals surface area contributed by atoms with E-state index in [2.05, 4.69) is 11.9 Å². The number of amides is 1. The van der Waals surface area contributed by atoms with Crippen LogP contribution in [0.2, 0.25) is 0 Å². The van der Waals surface area contributed by atoms with Gasteiger partial charge in [0.25, 0.3) is 5.91 Å². The van der Waals surface area contributed by atoms with Gasteiger partial charge in [0.1, 0.15) is 5.69 Å². The molecule has 1 saturated heterocycles. The summed E-state index contributed by atoms with van der Waals surface area (Å²) in [6.07, 6.45) is 2.79. The van der Waals surface area contributed by atoms with Gasteiger partial charge < -0.3 is 15.6 Å². The van der Waals surface area contributed by atoms with Gasteiger partial charge >= 0.3 is 0 Å². The molecule has 0 saturated carbocycles. The van der Waals surface area contributed by atoms with E-state index in [1.165, 1.54) is 0 Å². The number of hydrogen-bond acceptors (Lipinski definition) is 2. The number of likely N-dealkylation sites (tertiary alicyclic amines) is 1. The van der Waals surface area contributed by atoms with Crippen LogP contribution in [0.5, 0.6) is 0 Å². The Hall–Kier alpha value is -1.29. The summed E-state index contributed by atoms with van der Waals surface area (Å²) in [7, 11) is 0. The lowest BCUT2D eigenvalue weighted by atomic mass is 10.1. The normalized spacial score (nSPS) is 25.9. The lowest BCUT2D eigenvalue weighted by molar-refractivity contribution is 0.0738. The van der Waals surface area contributed by atoms with Crippen molar-refractivity contribution in [1.29, 1.82) is 0 Å². The average molecular weight is 207 g/mol. The van der Waals surface area contributed by atoms with Gasteiger partial charge in [0.2, 0.25) is 0 Å². The molecule has 2 unspecified atom stereocenters. The minimum atomic E-state index is 0.0865. The molecule has 0 bridgehead atoms. The van der Waals surface area contributed by atoms with E-state index in [4.69, 9.17) is 5.73 Å². The topological polar surface area (TPSA) is 62.1 Å². The zero-order valence-electron chi connectivity index (χ0n) is 8.94. The van der Waals surface area contributed by atoms with E-state index < -0.39 is 0 Å². The molecule has 0 spiro atoms. The first-order valence-electron chi connectivity index (χ1n) is 5.36. The minimum Gasteiger partial charge on any atom is -0.357 e. The fourth-order valence-corrected chi connectivity index (χ4v) is 2.21. The third kappa shape index (κ3) is 1.90. The van der Waals surface area contributed by atoms with Crippen LogP contribution in [0.3, 0.4) is 0 Å². The zero-order valence-corrected chi connectivity index (χ0v) is 8.94. The van der Waals surface area contributed by atoms with Crippen LogP contribution < -0.4 is 5.73 Å². The Balaban J connectivity index is 2.09. The quantitative estimate of drug-likeness (QED) is 0.754. The highest BCUT2D eigenvalue weighted by molar-refractivity contribution is 5.92. The lowest BCUT2D eigenvalue weighted by Crippen LogP contribution is -2.34. The highest BCUT2D eigenvalue weighted by Crippen LogP contribution is 2.23. The lowest BCUT2D eigenvalue weighted by Gasteiger charge is -2.20. The molecule has 0 radical (unpaired) electrons. The van der Waals surface area contributed by atoms with Gasteiger partial charge in [-0.3, -0.25) is 4.79 Å². The molecule has 1 aromatic rings. The summed E-state index contributed by atoms with van der Waals surface area (Å²) in [5.74, 6) is 0.544. The van der Waals surface area contributed by atoms with Crippen molar-refractivity contribution >= 4 is 5.91 Å². The monoisotopic (exact) mass is 207 g/mol. The standard InChI is InChI=1S/C11H17N3O/c1-8-5-9(6-12)7-14(8)11(15)10-3-2-4-13-10/h2-4,8-9,13H,5-7,12H2,1H3. The Labute approximate surface area is 89.5 Å². The zero-order chi connectivity index (χ0) is 10.8. The third-order valence-electron chi connectivity index (χ3n) is 3.08. The summed E-state index contributed by atoms with van der Waals surface area (Å²) >= 11 is 0. The molecule has 82 valence electrons. The Morgan fingerprint density at radius 2 is 2.53 bits per heavy atom. The van der Waals surface area contributed by atoms with Crippen molar-refractivity contribution in [3.63, 3.8) is 0 Å². The number of nitrogens with two attached hydrogens (primary N) is 1. The fourth-order valence-electron chi connectivity index (χ4n) is 2.21. The molecular weight excluding hydrogens is 190 g/mol. The van der Waals surface area contributed by atoms with Crippen LogP contribution in [0.4, 0.5) is 0 Å². The van der Waals surface area contributed by atoms with Crippen LogP contribution in [-0.2, 0) is 0 Å². The number of rotatable bonds is 2. The first-order valence-corrected chi connectivity index (χ1v) is 5.36. The van der Waals surface area contributed by atoms with E-state index in [1.807, 2.05) is 17.0 Å². The first kappa shape index (κ1) is 10.2. The van der Waals surface area contributed by atoms with E-state index in [0.29, 0.717) is 24.2 Å². The number of nitrogens with zero attached hydrogens (tertiary/aromatic N) is 1. The second-order valence-electron chi connectivity index (χ2n) is 4.23.